The van der Waals surface area contributed by atoms with E-state index in [1.165, 1.54) is 10.5 Å². The van der Waals surface area contributed by atoms with E-state index in [1.807, 2.05) is 17.8 Å². The molecule has 1 aliphatic rings. The van der Waals surface area contributed by atoms with E-state index in [9.17, 15) is 0 Å². The standard InChI is InChI=1S/C13H19ClN2S/c1-2-17-13-4-3-12(14)9-11(13)10-16-7-5-15-6-8-16/h3-4,9,15H,2,5-8,10H2,1H3. The summed E-state index contributed by atoms with van der Waals surface area (Å²) < 4.78 is 0. The number of piperazine rings is 1. The topological polar surface area (TPSA) is 15.3 Å². The predicted molar refractivity (Wildman–Crippen MR) is 76.0 cm³/mol. The van der Waals surface area contributed by atoms with Crippen molar-refractivity contribution in [2.24, 2.45) is 0 Å². The molecule has 0 unspecified atom stereocenters. The summed E-state index contributed by atoms with van der Waals surface area (Å²) in [6, 6.07) is 6.25. The molecule has 0 radical (unpaired) electrons. The van der Waals surface area contributed by atoms with Crippen LogP contribution in [0, 0.1) is 0 Å². The monoisotopic (exact) mass is 270 g/mol. The summed E-state index contributed by atoms with van der Waals surface area (Å²) in [6.45, 7) is 7.65. The number of nitrogens with zero attached hydrogens (tertiary/aromatic N) is 1. The van der Waals surface area contributed by atoms with Crippen LogP contribution in [0.1, 0.15) is 12.5 Å². The molecule has 1 aliphatic heterocycles. The van der Waals surface area contributed by atoms with E-state index in [0.29, 0.717) is 0 Å². The molecular weight excluding hydrogens is 252 g/mol. The van der Waals surface area contributed by atoms with Gasteiger partial charge in [-0.2, -0.15) is 0 Å². The van der Waals surface area contributed by atoms with Crippen LogP contribution in [0.15, 0.2) is 23.1 Å². The molecule has 2 nitrogen and oxygen atoms in total. The summed E-state index contributed by atoms with van der Waals surface area (Å²) in [5, 5.41) is 4.22. The van der Waals surface area contributed by atoms with Gasteiger partial charge in [-0.05, 0) is 29.5 Å². The van der Waals surface area contributed by atoms with Gasteiger partial charge in [0.1, 0.15) is 0 Å². The number of thioether (sulfide) groups is 1. The SMILES string of the molecule is CCSc1ccc(Cl)cc1CN1CCNCC1. The van der Waals surface area contributed by atoms with Crippen LogP contribution in [0.4, 0.5) is 0 Å². The van der Waals surface area contributed by atoms with Crippen LogP contribution in [0.5, 0.6) is 0 Å². The molecule has 0 spiro atoms. The summed E-state index contributed by atoms with van der Waals surface area (Å²) in [6.07, 6.45) is 0. The molecule has 4 heteroatoms. The summed E-state index contributed by atoms with van der Waals surface area (Å²) in [5.41, 5.74) is 1.37. The number of hydrogen-bond acceptors (Lipinski definition) is 3. The summed E-state index contributed by atoms with van der Waals surface area (Å²) >= 11 is 7.99. The van der Waals surface area contributed by atoms with Crippen molar-refractivity contribution >= 4 is 23.4 Å². The molecule has 1 saturated heterocycles. The molecule has 1 heterocycles. The fourth-order valence-corrected chi connectivity index (χ4v) is 3.06. The lowest BCUT2D eigenvalue weighted by Crippen LogP contribution is -2.42. The van der Waals surface area contributed by atoms with E-state index in [0.717, 1.165) is 43.5 Å². The normalized spacial score (nSPS) is 17.3. The Kier molecular flexibility index (Phi) is 5.16. The molecule has 0 aromatic heterocycles. The average Bonchev–Trinajstić information content (AvgIpc) is 2.34. The zero-order valence-electron chi connectivity index (χ0n) is 10.2. The fourth-order valence-electron chi connectivity index (χ4n) is 2.08. The van der Waals surface area contributed by atoms with Crippen molar-refractivity contribution in [3.63, 3.8) is 0 Å². The Bertz CT molecular complexity index is 364. The van der Waals surface area contributed by atoms with E-state index >= 15 is 0 Å². The smallest absolute Gasteiger partial charge is 0.0410 e. The second kappa shape index (κ2) is 6.64. The number of rotatable bonds is 4. The molecule has 0 atom stereocenters. The molecular formula is C13H19ClN2S. The molecule has 0 amide bonds. The second-order valence-electron chi connectivity index (χ2n) is 4.21. The lowest BCUT2D eigenvalue weighted by Gasteiger charge is -2.28. The Morgan fingerprint density at radius 1 is 1.35 bits per heavy atom. The summed E-state index contributed by atoms with van der Waals surface area (Å²) in [4.78, 5) is 3.86. The fraction of sp³-hybridized carbons (Fsp3) is 0.538. The Balaban J connectivity index is 2.08. The second-order valence-corrected chi connectivity index (χ2v) is 5.95. The highest BCUT2D eigenvalue weighted by molar-refractivity contribution is 7.99. The molecule has 1 fully saturated rings. The van der Waals surface area contributed by atoms with E-state index in [4.69, 9.17) is 11.6 Å². The first-order chi connectivity index (χ1) is 8.29. The molecule has 2 rings (SSSR count). The van der Waals surface area contributed by atoms with Crippen molar-refractivity contribution in [1.82, 2.24) is 10.2 Å². The van der Waals surface area contributed by atoms with Crippen LogP contribution in [-0.2, 0) is 6.54 Å². The van der Waals surface area contributed by atoms with Crippen LogP contribution < -0.4 is 5.32 Å². The maximum absolute atomic E-state index is 6.09. The number of benzene rings is 1. The van der Waals surface area contributed by atoms with Gasteiger partial charge in [0.05, 0.1) is 0 Å². The van der Waals surface area contributed by atoms with Crippen LogP contribution in [0.3, 0.4) is 0 Å². The van der Waals surface area contributed by atoms with Gasteiger partial charge in [-0.25, -0.2) is 0 Å². The van der Waals surface area contributed by atoms with Gasteiger partial charge in [0, 0.05) is 42.6 Å². The summed E-state index contributed by atoms with van der Waals surface area (Å²) in [5.74, 6) is 1.11. The molecule has 94 valence electrons. The van der Waals surface area contributed by atoms with E-state index < -0.39 is 0 Å². The van der Waals surface area contributed by atoms with Gasteiger partial charge >= 0.3 is 0 Å². The van der Waals surface area contributed by atoms with Gasteiger partial charge < -0.3 is 5.32 Å². The zero-order chi connectivity index (χ0) is 12.1. The van der Waals surface area contributed by atoms with Gasteiger partial charge in [-0.1, -0.05) is 18.5 Å². The first kappa shape index (κ1) is 13.2. The molecule has 0 bridgehead atoms. The Morgan fingerprint density at radius 3 is 2.82 bits per heavy atom. The molecule has 17 heavy (non-hydrogen) atoms. The van der Waals surface area contributed by atoms with E-state index in [1.54, 1.807) is 0 Å². The van der Waals surface area contributed by atoms with E-state index in [2.05, 4.69) is 29.3 Å². The molecule has 0 aliphatic carbocycles. The lowest BCUT2D eigenvalue weighted by molar-refractivity contribution is 0.232. The first-order valence-electron chi connectivity index (χ1n) is 6.14. The van der Waals surface area contributed by atoms with Gasteiger partial charge in [0.25, 0.3) is 0 Å². The quantitative estimate of drug-likeness (QED) is 0.847. The highest BCUT2D eigenvalue weighted by Gasteiger charge is 2.12. The third-order valence-electron chi connectivity index (χ3n) is 2.93. The zero-order valence-corrected chi connectivity index (χ0v) is 11.8. The molecule has 1 aromatic carbocycles. The van der Waals surface area contributed by atoms with Gasteiger partial charge in [0.2, 0.25) is 0 Å². The number of hydrogen-bond donors (Lipinski definition) is 1. The van der Waals surface area contributed by atoms with Crippen LogP contribution in [0.2, 0.25) is 5.02 Å². The van der Waals surface area contributed by atoms with Crippen LogP contribution >= 0.6 is 23.4 Å². The Morgan fingerprint density at radius 2 is 2.12 bits per heavy atom. The summed E-state index contributed by atoms with van der Waals surface area (Å²) in [7, 11) is 0. The average molecular weight is 271 g/mol. The van der Waals surface area contributed by atoms with Crippen molar-refractivity contribution in [2.45, 2.75) is 18.4 Å². The van der Waals surface area contributed by atoms with Crippen molar-refractivity contribution in [3.8, 4) is 0 Å². The first-order valence-corrected chi connectivity index (χ1v) is 7.50. The van der Waals surface area contributed by atoms with Crippen molar-refractivity contribution in [1.29, 1.82) is 0 Å². The highest BCUT2D eigenvalue weighted by atomic mass is 35.5. The maximum atomic E-state index is 6.09. The van der Waals surface area contributed by atoms with Gasteiger partial charge in [0.15, 0.2) is 0 Å². The number of nitrogens with one attached hydrogen (secondary N) is 1. The van der Waals surface area contributed by atoms with E-state index in [-0.39, 0.29) is 0 Å². The minimum absolute atomic E-state index is 0.843. The Labute approximate surface area is 113 Å². The number of halogens is 1. The molecule has 1 N–H and O–H groups in total. The van der Waals surface area contributed by atoms with Crippen molar-refractivity contribution in [3.05, 3.63) is 28.8 Å². The minimum atomic E-state index is 0.843. The third kappa shape index (κ3) is 3.88. The van der Waals surface area contributed by atoms with Gasteiger partial charge in [-0.15, -0.1) is 11.8 Å². The van der Waals surface area contributed by atoms with Gasteiger partial charge in [-0.3, -0.25) is 4.90 Å². The van der Waals surface area contributed by atoms with Crippen molar-refractivity contribution < 1.29 is 0 Å². The minimum Gasteiger partial charge on any atom is -0.314 e. The molecule has 1 aromatic rings. The predicted octanol–water partition coefficient (Wildman–Crippen LogP) is 2.86. The molecule has 0 saturated carbocycles. The van der Waals surface area contributed by atoms with Crippen LogP contribution in [0.25, 0.3) is 0 Å². The maximum Gasteiger partial charge on any atom is 0.0410 e. The Hall–Kier alpha value is -0.220. The lowest BCUT2D eigenvalue weighted by atomic mass is 10.2. The van der Waals surface area contributed by atoms with Crippen molar-refractivity contribution in [2.75, 3.05) is 31.9 Å². The van der Waals surface area contributed by atoms with Crippen LogP contribution in [-0.4, -0.2) is 36.8 Å². The highest BCUT2D eigenvalue weighted by Crippen LogP contribution is 2.26. The largest absolute Gasteiger partial charge is 0.314 e. The third-order valence-corrected chi connectivity index (χ3v) is 4.16.